The van der Waals surface area contributed by atoms with Gasteiger partial charge >= 0.3 is 0 Å². The first kappa shape index (κ1) is 14.7. The quantitative estimate of drug-likeness (QED) is 0.867. The van der Waals surface area contributed by atoms with Gasteiger partial charge in [0.15, 0.2) is 5.82 Å². The Kier molecular flexibility index (Phi) is 3.68. The highest BCUT2D eigenvalue weighted by Gasteiger charge is 2.43. The summed E-state index contributed by atoms with van der Waals surface area (Å²) >= 11 is 0. The Labute approximate surface area is 130 Å². The largest absolute Gasteiger partial charge is 0.328 e. The Morgan fingerprint density at radius 3 is 2.68 bits per heavy atom. The number of likely N-dealkylation sites (tertiary alicyclic amines) is 1. The summed E-state index contributed by atoms with van der Waals surface area (Å²) in [4.78, 5) is 23.8. The number of carbonyl (C=O) groups excluding carboxylic acids is 1. The molecule has 0 bridgehead atoms. The molecule has 0 radical (unpaired) electrons. The minimum absolute atomic E-state index is 0.0615. The molecule has 2 aromatic heterocycles. The summed E-state index contributed by atoms with van der Waals surface area (Å²) < 4.78 is 1.66. The summed E-state index contributed by atoms with van der Waals surface area (Å²) in [7, 11) is 0. The van der Waals surface area contributed by atoms with Crippen LogP contribution in [0.2, 0.25) is 0 Å². The number of aromatic nitrogens is 4. The Balaban J connectivity index is 1.89. The van der Waals surface area contributed by atoms with Crippen LogP contribution in [0.1, 0.15) is 37.0 Å². The number of nitrogens with zero attached hydrogens (tertiary/aromatic N) is 5. The van der Waals surface area contributed by atoms with Gasteiger partial charge in [-0.3, -0.25) is 9.48 Å². The van der Waals surface area contributed by atoms with Gasteiger partial charge in [-0.05, 0) is 45.7 Å². The SMILES string of the molecule is Cc1cc(C)nc([C@]2(C)CCCN2C(=O)Cn2cccn2)n1. The molecular weight excluding hydrogens is 278 g/mol. The van der Waals surface area contributed by atoms with Gasteiger partial charge in [0.25, 0.3) is 0 Å². The zero-order chi connectivity index (χ0) is 15.7. The van der Waals surface area contributed by atoms with E-state index in [1.165, 1.54) is 0 Å². The maximum Gasteiger partial charge on any atom is 0.245 e. The van der Waals surface area contributed by atoms with E-state index < -0.39 is 5.54 Å². The van der Waals surface area contributed by atoms with Crippen molar-refractivity contribution in [2.75, 3.05) is 6.54 Å². The average molecular weight is 299 g/mol. The molecule has 6 nitrogen and oxygen atoms in total. The predicted octanol–water partition coefficient (Wildman–Crippen LogP) is 1.83. The van der Waals surface area contributed by atoms with Gasteiger partial charge in [0.05, 0.1) is 5.54 Å². The minimum atomic E-state index is -0.430. The van der Waals surface area contributed by atoms with Crippen LogP contribution in [0, 0.1) is 13.8 Å². The second-order valence-corrected chi connectivity index (χ2v) is 6.10. The van der Waals surface area contributed by atoms with Crippen molar-refractivity contribution in [1.29, 1.82) is 0 Å². The summed E-state index contributed by atoms with van der Waals surface area (Å²) in [6.45, 7) is 6.99. The minimum Gasteiger partial charge on any atom is -0.328 e. The third-order valence-electron chi connectivity index (χ3n) is 4.26. The molecule has 0 saturated carbocycles. The number of rotatable bonds is 3. The lowest BCUT2D eigenvalue weighted by Gasteiger charge is -2.34. The van der Waals surface area contributed by atoms with Crippen molar-refractivity contribution in [3.63, 3.8) is 0 Å². The van der Waals surface area contributed by atoms with Crippen LogP contribution >= 0.6 is 0 Å². The number of amides is 1. The summed E-state index contributed by atoms with van der Waals surface area (Å²) in [6.07, 6.45) is 5.35. The zero-order valence-electron chi connectivity index (χ0n) is 13.3. The maximum absolute atomic E-state index is 12.7. The van der Waals surface area contributed by atoms with E-state index in [4.69, 9.17) is 0 Å². The van der Waals surface area contributed by atoms with E-state index in [0.717, 1.165) is 36.6 Å². The first-order chi connectivity index (χ1) is 10.5. The standard InChI is InChI=1S/C16H21N5O/c1-12-10-13(2)19-15(18-12)16(3)6-4-9-21(16)14(22)11-20-8-5-7-17-20/h5,7-8,10H,4,6,9,11H2,1-3H3/t16-/m0/s1. The highest BCUT2D eigenvalue weighted by Crippen LogP contribution is 2.37. The molecule has 116 valence electrons. The van der Waals surface area contributed by atoms with Gasteiger partial charge in [-0.1, -0.05) is 0 Å². The summed E-state index contributed by atoms with van der Waals surface area (Å²) in [6, 6.07) is 3.78. The summed E-state index contributed by atoms with van der Waals surface area (Å²) in [5.41, 5.74) is 1.45. The molecule has 0 aromatic carbocycles. The predicted molar refractivity (Wildman–Crippen MR) is 82.0 cm³/mol. The fraction of sp³-hybridized carbons (Fsp3) is 0.500. The lowest BCUT2D eigenvalue weighted by atomic mass is 9.97. The van der Waals surface area contributed by atoms with Crippen molar-refractivity contribution in [3.05, 3.63) is 41.7 Å². The average Bonchev–Trinajstić information content (AvgIpc) is 3.07. The fourth-order valence-electron chi connectivity index (χ4n) is 3.18. The molecule has 0 aliphatic carbocycles. The molecule has 1 atom stereocenters. The molecule has 1 amide bonds. The van der Waals surface area contributed by atoms with Gasteiger partial charge in [0.2, 0.25) is 5.91 Å². The smallest absolute Gasteiger partial charge is 0.245 e. The molecule has 1 aliphatic rings. The van der Waals surface area contributed by atoms with Crippen LogP contribution in [-0.2, 0) is 16.9 Å². The molecule has 1 fully saturated rings. The number of carbonyl (C=O) groups is 1. The first-order valence-corrected chi connectivity index (χ1v) is 7.60. The van der Waals surface area contributed by atoms with Crippen LogP contribution in [0.4, 0.5) is 0 Å². The molecule has 1 aliphatic heterocycles. The highest BCUT2D eigenvalue weighted by molar-refractivity contribution is 5.77. The van der Waals surface area contributed by atoms with Gasteiger partial charge in [-0.2, -0.15) is 5.10 Å². The van der Waals surface area contributed by atoms with Crippen LogP contribution in [0.5, 0.6) is 0 Å². The van der Waals surface area contributed by atoms with Crippen molar-refractivity contribution in [3.8, 4) is 0 Å². The lowest BCUT2D eigenvalue weighted by molar-refractivity contribution is -0.136. The van der Waals surface area contributed by atoms with Crippen molar-refractivity contribution in [1.82, 2.24) is 24.6 Å². The monoisotopic (exact) mass is 299 g/mol. The van der Waals surface area contributed by atoms with E-state index in [9.17, 15) is 4.79 Å². The van der Waals surface area contributed by atoms with Crippen molar-refractivity contribution < 1.29 is 4.79 Å². The normalized spacial score (nSPS) is 21.3. The van der Waals surface area contributed by atoms with Crippen LogP contribution in [0.15, 0.2) is 24.5 Å². The number of aryl methyl sites for hydroxylation is 2. The Bertz CT molecular complexity index is 662. The molecule has 6 heteroatoms. The van der Waals surface area contributed by atoms with E-state index >= 15 is 0 Å². The molecule has 3 heterocycles. The molecule has 0 unspecified atom stereocenters. The number of hydrogen-bond acceptors (Lipinski definition) is 4. The second-order valence-electron chi connectivity index (χ2n) is 6.10. The zero-order valence-corrected chi connectivity index (χ0v) is 13.3. The van der Waals surface area contributed by atoms with E-state index in [2.05, 4.69) is 22.0 Å². The van der Waals surface area contributed by atoms with E-state index in [0.29, 0.717) is 0 Å². The van der Waals surface area contributed by atoms with Crippen LogP contribution < -0.4 is 0 Å². The topological polar surface area (TPSA) is 63.9 Å². The maximum atomic E-state index is 12.7. The fourth-order valence-corrected chi connectivity index (χ4v) is 3.18. The van der Waals surface area contributed by atoms with Crippen LogP contribution in [0.3, 0.4) is 0 Å². The molecule has 0 spiro atoms. The second kappa shape index (κ2) is 5.51. The lowest BCUT2D eigenvalue weighted by Crippen LogP contribution is -2.45. The highest BCUT2D eigenvalue weighted by atomic mass is 16.2. The van der Waals surface area contributed by atoms with Gasteiger partial charge in [-0.15, -0.1) is 0 Å². The molecule has 1 saturated heterocycles. The van der Waals surface area contributed by atoms with Gasteiger partial charge in [-0.25, -0.2) is 9.97 Å². The molecule has 3 rings (SSSR count). The molecule has 2 aromatic rings. The third kappa shape index (κ3) is 2.61. The van der Waals surface area contributed by atoms with E-state index in [1.54, 1.807) is 17.1 Å². The summed E-state index contributed by atoms with van der Waals surface area (Å²) in [5.74, 6) is 0.808. The summed E-state index contributed by atoms with van der Waals surface area (Å²) in [5, 5.41) is 4.11. The Morgan fingerprint density at radius 2 is 2.05 bits per heavy atom. The molecular formula is C16H21N5O. The van der Waals surface area contributed by atoms with Gasteiger partial charge in [0, 0.05) is 30.3 Å². The van der Waals surface area contributed by atoms with Crippen molar-refractivity contribution in [2.24, 2.45) is 0 Å². The van der Waals surface area contributed by atoms with Crippen LogP contribution in [-0.4, -0.2) is 37.1 Å². The first-order valence-electron chi connectivity index (χ1n) is 7.60. The van der Waals surface area contributed by atoms with Gasteiger partial charge < -0.3 is 4.90 Å². The van der Waals surface area contributed by atoms with Crippen molar-refractivity contribution in [2.45, 2.75) is 45.7 Å². The van der Waals surface area contributed by atoms with Gasteiger partial charge in [0.1, 0.15) is 6.54 Å². The van der Waals surface area contributed by atoms with Crippen molar-refractivity contribution >= 4 is 5.91 Å². The third-order valence-corrected chi connectivity index (χ3v) is 4.26. The molecule has 22 heavy (non-hydrogen) atoms. The Hall–Kier alpha value is -2.24. The molecule has 0 N–H and O–H groups in total. The Morgan fingerprint density at radius 1 is 1.32 bits per heavy atom. The van der Waals surface area contributed by atoms with Crippen LogP contribution in [0.25, 0.3) is 0 Å². The van der Waals surface area contributed by atoms with E-state index in [1.807, 2.05) is 30.9 Å². The van der Waals surface area contributed by atoms with E-state index in [-0.39, 0.29) is 12.5 Å². The number of hydrogen-bond donors (Lipinski definition) is 0.